The molecule has 0 radical (unpaired) electrons. The molecule has 2 heterocycles. The van der Waals surface area contributed by atoms with Gasteiger partial charge in [-0.3, -0.25) is 0 Å². The van der Waals surface area contributed by atoms with Crippen LogP contribution < -0.4 is 15.5 Å². The van der Waals surface area contributed by atoms with Crippen molar-refractivity contribution < 1.29 is 14.2 Å². The minimum atomic E-state index is 0.249. The second-order valence-corrected chi connectivity index (χ2v) is 6.73. The average molecular weight is 394 g/mol. The normalized spacial score (nSPS) is 17.6. The zero-order chi connectivity index (χ0) is 20.0. The molecule has 8 heteroatoms. The Hall–Kier alpha value is -1.90. The summed E-state index contributed by atoms with van der Waals surface area (Å²) in [5.41, 5.74) is 1.09. The molecule has 0 spiro atoms. The molecule has 1 fully saturated rings. The lowest BCUT2D eigenvalue weighted by Crippen LogP contribution is -2.41. The Balaban J connectivity index is 1.76. The summed E-state index contributed by atoms with van der Waals surface area (Å²) < 4.78 is 16.0. The van der Waals surface area contributed by atoms with Crippen molar-refractivity contribution in [1.29, 1.82) is 0 Å². The van der Waals surface area contributed by atoms with E-state index in [4.69, 9.17) is 14.2 Å². The van der Waals surface area contributed by atoms with E-state index in [2.05, 4.69) is 51.5 Å². The number of aliphatic imine (C=N–C) groups is 1. The zero-order valence-electron chi connectivity index (χ0n) is 17.4. The summed E-state index contributed by atoms with van der Waals surface area (Å²) in [4.78, 5) is 11.5. The first-order valence-corrected chi connectivity index (χ1v) is 10.1. The molecule has 28 heavy (non-hydrogen) atoms. The molecule has 2 N–H and O–H groups in total. The van der Waals surface area contributed by atoms with Gasteiger partial charge in [-0.1, -0.05) is 6.07 Å². The molecule has 0 aliphatic carbocycles. The third kappa shape index (κ3) is 8.41. The highest BCUT2D eigenvalue weighted by atomic mass is 16.5. The van der Waals surface area contributed by atoms with Gasteiger partial charge >= 0.3 is 0 Å². The summed E-state index contributed by atoms with van der Waals surface area (Å²) in [6.45, 7) is 10.9. The van der Waals surface area contributed by atoms with E-state index >= 15 is 0 Å². The van der Waals surface area contributed by atoms with Crippen molar-refractivity contribution in [2.45, 2.75) is 32.9 Å². The van der Waals surface area contributed by atoms with E-state index < -0.39 is 0 Å². The summed E-state index contributed by atoms with van der Waals surface area (Å²) in [7, 11) is 1.68. The molecular formula is C20H35N5O3. The van der Waals surface area contributed by atoms with Gasteiger partial charge in [0.2, 0.25) is 0 Å². The molecule has 8 nitrogen and oxygen atoms in total. The van der Waals surface area contributed by atoms with Crippen molar-refractivity contribution in [1.82, 2.24) is 15.6 Å². The SMILES string of the molecule is CCNC(=NCc1ccc(N2CCOC(C)C2)nc1)NCCCOCCOC. The Morgan fingerprint density at radius 2 is 2.21 bits per heavy atom. The lowest BCUT2D eigenvalue weighted by atomic mass is 10.2. The van der Waals surface area contributed by atoms with Crippen LogP contribution in [0.2, 0.25) is 0 Å². The fraction of sp³-hybridized carbons (Fsp3) is 0.700. The molecule has 1 aromatic rings. The molecule has 1 atom stereocenters. The van der Waals surface area contributed by atoms with Crippen LogP contribution in [0.5, 0.6) is 0 Å². The van der Waals surface area contributed by atoms with E-state index in [1.807, 2.05) is 6.20 Å². The van der Waals surface area contributed by atoms with E-state index in [1.54, 1.807) is 7.11 Å². The van der Waals surface area contributed by atoms with Crippen LogP contribution in [-0.4, -0.2) is 76.8 Å². The zero-order valence-corrected chi connectivity index (χ0v) is 17.4. The van der Waals surface area contributed by atoms with E-state index in [0.717, 1.165) is 56.5 Å². The highest BCUT2D eigenvalue weighted by Gasteiger charge is 2.17. The van der Waals surface area contributed by atoms with Gasteiger partial charge in [0.15, 0.2) is 5.96 Å². The summed E-state index contributed by atoms with van der Waals surface area (Å²) in [5, 5.41) is 6.60. The van der Waals surface area contributed by atoms with Gasteiger partial charge in [0.1, 0.15) is 5.82 Å². The molecule has 1 aliphatic rings. The number of hydrogen-bond acceptors (Lipinski definition) is 6. The number of hydrogen-bond donors (Lipinski definition) is 2. The number of aromatic nitrogens is 1. The fourth-order valence-electron chi connectivity index (χ4n) is 2.86. The number of nitrogens with one attached hydrogen (secondary N) is 2. The molecule has 1 saturated heterocycles. The van der Waals surface area contributed by atoms with E-state index in [9.17, 15) is 0 Å². The van der Waals surface area contributed by atoms with Crippen LogP contribution in [0.3, 0.4) is 0 Å². The highest BCUT2D eigenvalue weighted by molar-refractivity contribution is 5.79. The smallest absolute Gasteiger partial charge is 0.191 e. The maximum absolute atomic E-state index is 5.59. The molecule has 1 aliphatic heterocycles. The maximum atomic E-state index is 5.59. The van der Waals surface area contributed by atoms with Gasteiger partial charge in [0.25, 0.3) is 0 Å². The number of morpholine rings is 1. The van der Waals surface area contributed by atoms with Gasteiger partial charge < -0.3 is 29.7 Å². The molecule has 1 unspecified atom stereocenters. The molecule has 0 saturated carbocycles. The number of guanidine groups is 1. The maximum Gasteiger partial charge on any atom is 0.191 e. The van der Waals surface area contributed by atoms with Crippen molar-refractivity contribution in [3.8, 4) is 0 Å². The van der Waals surface area contributed by atoms with Crippen LogP contribution in [0, 0.1) is 0 Å². The highest BCUT2D eigenvalue weighted by Crippen LogP contribution is 2.15. The molecule has 1 aromatic heterocycles. The molecule has 0 aromatic carbocycles. The predicted molar refractivity (Wildman–Crippen MR) is 112 cm³/mol. The van der Waals surface area contributed by atoms with Gasteiger partial charge in [-0.2, -0.15) is 0 Å². The van der Waals surface area contributed by atoms with E-state index in [0.29, 0.717) is 26.4 Å². The van der Waals surface area contributed by atoms with Crippen LogP contribution in [0.4, 0.5) is 5.82 Å². The minimum Gasteiger partial charge on any atom is -0.382 e. The van der Waals surface area contributed by atoms with Crippen LogP contribution in [0.1, 0.15) is 25.8 Å². The van der Waals surface area contributed by atoms with Crippen LogP contribution >= 0.6 is 0 Å². The summed E-state index contributed by atoms with van der Waals surface area (Å²) in [6.07, 6.45) is 3.08. The minimum absolute atomic E-state index is 0.249. The molecule has 0 amide bonds. The Morgan fingerprint density at radius 3 is 2.93 bits per heavy atom. The fourth-order valence-corrected chi connectivity index (χ4v) is 2.86. The van der Waals surface area contributed by atoms with E-state index in [1.165, 1.54) is 0 Å². The summed E-state index contributed by atoms with van der Waals surface area (Å²) >= 11 is 0. The molecule has 158 valence electrons. The van der Waals surface area contributed by atoms with Gasteiger partial charge in [0, 0.05) is 46.1 Å². The molecular weight excluding hydrogens is 358 g/mol. The largest absolute Gasteiger partial charge is 0.382 e. The number of nitrogens with zero attached hydrogens (tertiary/aromatic N) is 3. The van der Waals surface area contributed by atoms with Gasteiger partial charge in [-0.25, -0.2) is 9.98 Å². The first kappa shape index (κ1) is 22.4. The Kier molecular flexibility index (Phi) is 10.6. The number of rotatable bonds is 11. The molecule has 2 rings (SSSR count). The van der Waals surface area contributed by atoms with Crippen LogP contribution in [0.15, 0.2) is 23.3 Å². The van der Waals surface area contributed by atoms with Gasteiger partial charge in [-0.15, -0.1) is 0 Å². The number of anilines is 1. The van der Waals surface area contributed by atoms with Crippen molar-refractivity contribution >= 4 is 11.8 Å². The summed E-state index contributed by atoms with van der Waals surface area (Å²) in [6, 6.07) is 4.17. The second-order valence-electron chi connectivity index (χ2n) is 6.73. The first-order chi connectivity index (χ1) is 13.7. The van der Waals surface area contributed by atoms with Gasteiger partial charge in [-0.05, 0) is 31.9 Å². The van der Waals surface area contributed by atoms with Crippen molar-refractivity contribution in [3.63, 3.8) is 0 Å². The number of ether oxygens (including phenoxy) is 3. The van der Waals surface area contributed by atoms with Crippen LogP contribution in [-0.2, 0) is 20.8 Å². The van der Waals surface area contributed by atoms with Crippen LogP contribution in [0.25, 0.3) is 0 Å². The summed E-state index contributed by atoms with van der Waals surface area (Å²) in [5.74, 6) is 1.81. The Morgan fingerprint density at radius 1 is 1.32 bits per heavy atom. The standard InChI is InChI=1S/C20H35N5O3/c1-4-21-20(22-8-5-10-27-13-12-26-3)24-15-18-6-7-19(23-14-18)25-9-11-28-17(2)16-25/h6-7,14,17H,4-5,8-13,15-16H2,1-3H3,(H2,21,22,24). The van der Waals surface area contributed by atoms with Crippen molar-refractivity contribution in [2.75, 3.05) is 64.6 Å². The number of pyridine rings is 1. The predicted octanol–water partition coefficient (Wildman–Crippen LogP) is 1.41. The van der Waals surface area contributed by atoms with Crippen molar-refractivity contribution in [2.24, 2.45) is 4.99 Å². The lowest BCUT2D eigenvalue weighted by molar-refractivity contribution is 0.0529. The second kappa shape index (κ2) is 13.3. The third-order valence-electron chi connectivity index (χ3n) is 4.33. The van der Waals surface area contributed by atoms with Gasteiger partial charge in [0.05, 0.1) is 32.5 Å². The Bertz CT molecular complexity index is 567. The van der Waals surface area contributed by atoms with Crippen molar-refractivity contribution in [3.05, 3.63) is 23.9 Å². The number of methoxy groups -OCH3 is 1. The molecule has 0 bridgehead atoms. The van der Waals surface area contributed by atoms with E-state index in [-0.39, 0.29) is 6.10 Å². The lowest BCUT2D eigenvalue weighted by Gasteiger charge is -2.32. The topological polar surface area (TPSA) is 80.2 Å². The monoisotopic (exact) mass is 393 g/mol. The Labute approximate surface area is 168 Å². The first-order valence-electron chi connectivity index (χ1n) is 10.1. The third-order valence-corrected chi connectivity index (χ3v) is 4.33. The average Bonchev–Trinajstić information content (AvgIpc) is 2.71. The quantitative estimate of drug-likeness (QED) is 0.334.